The number of rotatable bonds is 5. The number of nitrogens with zero attached hydrogens (tertiary/aromatic N) is 1. The van der Waals surface area contributed by atoms with E-state index in [0.717, 1.165) is 5.56 Å². The Hall–Kier alpha value is -1.22. The highest BCUT2D eigenvalue weighted by Gasteiger charge is 2.29. The summed E-state index contributed by atoms with van der Waals surface area (Å²) in [6.07, 6.45) is 2.85. The Kier molecular flexibility index (Phi) is 5.38. The van der Waals surface area contributed by atoms with Gasteiger partial charge < -0.3 is 0 Å². The van der Waals surface area contributed by atoms with Gasteiger partial charge in [0.15, 0.2) is 0 Å². The lowest BCUT2D eigenvalue weighted by Crippen LogP contribution is -2.41. The number of sulfonamides is 2. The van der Waals surface area contributed by atoms with Crippen molar-refractivity contribution in [1.29, 1.82) is 0 Å². The van der Waals surface area contributed by atoms with Gasteiger partial charge in [0.2, 0.25) is 20.0 Å². The molecule has 0 radical (unpaired) electrons. The molecule has 1 aromatic carbocycles. The van der Waals surface area contributed by atoms with E-state index in [2.05, 4.69) is 0 Å². The van der Waals surface area contributed by atoms with Crippen LogP contribution in [0.3, 0.4) is 0 Å². The third kappa shape index (κ3) is 5.20. The summed E-state index contributed by atoms with van der Waals surface area (Å²) >= 11 is 0. The molecule has 6 nitrogen and oxygen atoms in total. The Morgan fingerprint density at radius 2 is 1.86 bits per heavy atom. The lowest BCUT2D eigenvalue weighted by atomic mass is 10.0. The van der Waals surface area contributed by atoms with E-state index < -0.39 is 20.0 Å². The zero-order chi connectivity index (χ0) is 16.2. The van der Waals surface area contributed by atoms with Gasteiger partial charge in [-0.1, -0.05) is 30.3 Å². The number of hydrogen-bond acceptors (Lipinski definition) is 4. The molecule has 0 amide bonds. The smallest absolute Gasteiger partial charge is 0.229 e. The van der Waals surface area contributed by atoms with Crippen molar-refractivity contribution in [3.8, 4) is 0 Å². The van der Waals surface area contributed by atoms with Gasteiger partial charge in [0.05, 0.1) is 5.75 Å². The van der Waals surface area contributed by atoms with Crippen LogP contribution in [0, 0.1) is 5.92 Å². The molecule has 0 bridgehead atoms. The first-order chi connectivity index (χ1) is 10.3. The van der Waals surface area contributed by atoms with Gasteiger partial charge in [-0.15, -0.1) is 0 Å². The second-order valence-electron chi connectivity index (χ2n) is 5.45. The molecule has 2 N–H and O–H groups in total. The van der Waals surface area contributed by atoms with Crippen LogP contribution in [0.4, 0.5) is 0 Å². The van der Waals surface area contributed by atoms with Gasteiger partial charge in [-0.3, -0.25) is 0 Å². The van der Waals surface area contributed by atoms with Crippen LogP contribution in [0.15, 0.2) is 35.7 Å². The Labute approximate surface area is 131 Å². The van der Waals surface area contributed by atoms with Crippen LogP contribution in [0.5, 0.6) is 0 Å². The summed E-state index contributed by atoms with van der Waals surface area (Å²) in [7, 11) is -7.14. The molecule has 0 unspecified atom stereocenters. The minimum Gasteiger partial charge on any atom is -0.229 e. The molecule has 0 saturated carbocycles. The highest BCUT2D eigenvalue weighted by atomic mass is 32.2. The molecule has 1 fully saturated rings. The number of primary sulfonamides is 1. The zero-order valence-electron chi connectivity index (χ0n) is 12.1. The fourth-order valence-corrected chi connectivity index (χ4v) is 4.77. The minimum atomic E-state index is -3.59. The number of hydrogen-bond donors (Lipinski definition) is 1. The van der Waals surface area contributed by atoms with Crippen LogP contribution >= 0.6 is 0 Å². The zero-order valence-corrected chi connectivity index (χ0v) is 13.8. The molecule has 0 aliphatic carbocycles. The maximum absolute atomic E-state index is 12.3. The van der Waals surface area contributed by atoms with Gasteiger partial charge in [0, 0.05) is 18.5 Å². The molecule has 0 aromatic heterocycles. The first-order valence-electron chi connectivity index (χ1n) is 7.00. The normalized spacial score (nSPS) is 21.2. The van der Waals surface area contributed by atoms with Crippen LogP contribution in [-0.2, 0) is 20.0 Å². The third-order valence-electron chi connectivity index (χ3n) is 3.54. The Morgan fingerprint density at radius 3 is 2.50 bits per heavy atom. The molecular formula is C14H20N2O4S2. The van der Waals surface area contributed by atoms with E-state index in [1.807, 2.05) is 30.3 Å². The van der Waals surface area contributed by atoms with E-state index in [0.29, 0.717) is 19.4 Å². The molecule has 2 rings (SSSR count). The van der Waals surface area contributed by atoms with Gasteiger partial charge in [-0.2, -0.15) is 4.31 Å². The fourth-order valence-electron chi connectivity index (χ4n) is 2.54. The predicted molar refractivity (Wildman–Crippen MR) is 86.7 cm³/mol. The lowest BCUT2D eigenvalue weighted by molar-refractivity contribution is 0.285. The largest absolute Gasteiger partial charge is 0.236 e. The van der Waals surface area contributed by atoms with E-state index in [4.69, 9.17) is 5.14 Å². The summed E-state index contributed by atoms with van der Waals surface area (Å²) in [5.74, 6) is -0.426. The van der Waals surface area contributed by atoms with Crippen molar-refractivity contribution in [2.75, 3.05) is 18.8 Å². The monoisotopic (exact) mass is 344 g/mol. The van der Waals surface area contributed by atoms with Crippen molar-refractivity contribution in [3.63, 3.8) is 0 Å². The molecule has 1 heterocycles. The summed E-state index contributed by atoms with van der Waals surface area (Å²) in [4.78, 5) is 0. The standard InChI is InChI=1S/C14H20N2O4S2/c15-21(17,18)12-14-7-4-9-16(11-14)22(19,20)10-8-13-5-2-1-3-6-13/h1-3,5-6,8,10,14H,4,7,9,11-12H2,(H2,15,17,18)/b10-8+/t14-/m1/s1. The SMILES string of the molecule is NS(=O)(=O)C[C@@H]1CCCN(S(=O)(=O)/C=C/c2ccccc2)C1. The third-order valence-corrected chi connectivity index (χ3v) is 6.01. The van der Waals surface area contributed by atoms with Crippen molar-refractivity contribution in [3.05, 3.63) is 41.3 Å². The van der Waals surface area contributed by atoms with Crippen molar-refractivity contribution in [1.82, 2.24) is 4.31 Å². The summed E-state index contributed by atoms with van der Waals surface area (Å²) in [6.45, 7) is 0.598. The minimum absolute atomic E-state index is 0.179. The first-order valence-corrected chi connectivity index (χ1v) is 10.2. The van der Waals surface area contributed by atoms with E-state index in [1.165, 1.54) is 9.71 Å². The van der Waals surface area contributed by atoms with Crippen molar-refractivity contribution >= 4 is 26.1 Å². The molecule has 1 atom stereocenters. The van der Waals surface area contributed by atoms with Crippen LogP contribution in [-0.4, -0.2) is 40.0 Å². The second kappa shape index (κ2) is 6.91. The highest BCUT2D eigenvalue weighted by Crippen LogP contribution is 2.21. The summed E-state index contributed by atoms with van der Waals surface area (Å²) in [5, 5.41) is 6.21. The van der Waals surface area contributed by atoms with Gasteiger partial charge in [-0.05, 0) is 30.4 Å². The number of piperidine rings is 1. The molecule has 8 heteroatoms. The van der Waals surface area contributed by atoms with Crippen molar-refractivity contribution in [2.24, 2.45) is 11.1 Å². The topological polar surface area (TPSA) is 97.5 Å². The van der Waals surface area contributed by atoms with Gasteiger partial charge in [-0.25, -0.2) is 22.0 Å². The van der Waals surface area contributed by atoms with Crippen LogP contribution in [0.1, 0.15) is 18.4 Å². The average Bonchev–Trinajstić information content (AvgIpc) is 2.45. The number of nitrogens with two attached hydrogens (primary N) is 1. The summed E-state index contributed by atoms with van der Waals surface area (Å²) in [5.41, 5.74) is 0.796. The van der Waals surface area contributed by atoms with Gasteiger partial charge in [0.25, 0.3) is 0 Å². The van der Waals surface area contributed by atoms with Gasteiger partial charge >= 0.3 is 0 Å². The van der Waals surface area contributed by atoms with E-state index in [9.17, 15) is 16.8 Å². The van der Waals surface area contributed by atoms with Gasteiger partial charge in [0.1, 0.15) is 0 Å². The molecule has 1 aromatic rings. The highest BCUT2D eigenvalue weighted by molar-refractivity contribution is 7.92. The average molecular weight is 344 g/mol. The quantitative estimate of drug-likeness (QED) is 0.861. The Balaban J connectivity index is 2.07. The maximum Gasteiger partial charge on any atom is 0.236 e. The summed E-state index contributed by atoms with van der Waals surface area (Å²) < 4.78 is 48.3. The van der Waals surface area contributed by atoms with Crippen molar-refractivity contribution in [2.45, 2.75) is 12.8 Å². The van der Waals surface area contributed by atoms with E-state index >= 15 is 0 Å². The molecule has 122 valence electrons. The van der Waals surface area contributed by atoms with E-state index in [-0.39, 0.29) is 18.2 Å². The predicted octanol–water partition coefficient (Wildman–Crippen LogP) is 0.988. The van der Waals surface area contributed by atoms with Crippen LogP contribution in [0.25, 0.3) is 6.08 Å². The first kappa shape index (κ1) is 17.1. The molecule has 1 aliphatic rings. The molecule has 1 aliphatic heterocycles. The Morgan fingerprint density at radius 1 is 1.18 bits per heavy atom. The molecule has 1 saturated heterocycles. The van der Waals surface area contributed by atoms with Crippen molar-refractivity contribution < 1.29 is 16.8 Å². The van der Waals surface area contributed by atoms with E-state index in [1.54, 1.807) is 6.08 Å². The summed E-state index contributed by atoms with van der Waals surface area (Å²) in [6, 6.07) is 9.14. The Bertz CT molecular complexity index is 727. The maximum atomic E-state index is 12.3. The molecule has 0 spiro atoms. The van der Waals surface area contributed by atoms with Crippen LogP contribution < -0.4 is 5.14 Å². The molecule has 22 heavy (non-hydrogen) atoms. The lowest BCUT2D eigenvalue weighted by Gasteiger charge is -2.30. The fraction of sp³-hybridized carbons (Fsp3) is 0.429. The number of benzene rings is 1. The molecular weight excluding hydrogens is 324 g/mol. The second-order valence-corrected chi connectivity index (χ2v) is 8.93. The van der Waals surface area contributed by atoms with Crippen LogP contribution in [0.2, 0.25) is 0 Å².